The summed E-state index contributed by atoms with van der Waals surface area (Å²) >= 11 is 0. The number of carbonyl (C=O) groups is 2. The van der Waals surface area contributed by atoms with Gasteiger partial charge in [-0.3, -0.25) is 0 Å². The molecule has 1 amide bonds. The number of benzene rings is 1. The predicted molar refractivity (Wildman–Crippen MR) is 115 cm³/mol. The molecule has 1 heterocycles. The zero-order chi connectivity index (χ0) is 22.8. The molecule has 7 heteroatoms. The van der Waals surface area contributed by atoms with E-state index in [2.05, 4.69) is 5.32 Å². The normalized spacial score (nSPS) is 13.6. The van der Waals surface area contributed by atoms with Crippen molar-refractivity contribution in [2.45, 2.75) is 73.5 Å². The third-order valence-corrected chi connectivity index (χ3v) is 5.17. The van der Waals surface area contributed by atoms with Crippen LogP contribution in [0, 0.1) is 26.7 Å². The van der Waals surface area contributed by atoms with E-state index in [0.29, 0.717) is 23.1 Å². The van der Waals surface area contributed by atoms with Crippen LogP contribution in [0.25, 0.3) is 11.0 Å². The number of aryl methyl sites for hydroxylation is 2. The monoisotopic (exact) mass is 417 g/mol. The molecule has 1 aromatic carbocycles. The summed E-state index contributed by atoms with van der Waals surface area (Å²) in [6.07, 6.45) is -0.0309. The van der Waals surface area contributed by atoms with Crippen molar-refractivity contribution in [3.05, 3.63) is 39.2 Å². The van der Waals surface area contributed by atoms with Gasteiger partial charge in [-0.05, 0) is 65.2 Å². The number of hydrogen-bond donors (Lipinski definition) is 1. The fraction of sp³-hybridized carbons (Fsp3) is 0.522. The SMILES string of the molecule is CC[C@@H](C)[C@H](NC(=O)OC(C)(C)C)C(=O)Oc1ccc2c(C)c(C)c(=O)oc2c1C. The van der Waals surface area contributed by atoms with Gasteiger partial charge < -0.3 is 19.2 Å². The lowest BCUT2D eigenvalue weighted by atomic mass is 9.99. The van der Waals surface area contributed by atoms with Crippen LogP contribution in [0.15, 0.2) is 21.3 Å². The molecule has 2 aromatic rings. The molecule has 2 rings (SSSR count). The van der Waals surface area contributed by atoms with Gasteiger partial charge in [-0.2, -0.15) is 0 Å². The van der Waals surface area contributed by atoms with Gasteiger partial charge in [0.05, 0.1) is 0 Å². The molecule has 0 fully saturated rings. The van der Waals surface area contributed by atoms with Crippen LogP contribution >= 0.6 is 0 Å². The van der Waals surface area contributed by atoms with Crippen molar-refractivity contribution in [3.63, 3.8) is 0 Å². The Hall–Kier alpha value is -2.83. The number of carbonyl (C=O) groups excluding carboxylic acids is 2. The molecule has 0 saturated carbocycles. The lowest BCUT2D eigenvalue weighted by Crippen LogP contribution is -2.48. The van der Waals surface area contributed by atoms with Crippen LogP contribution in [0.1, 0.15) is 57.7 Å². The van der Waals surface area contributed by atoms with Gasteiger partial charge in [0.15, 0.2) is 0 Å². The zero-order valence-electron chi connectivity index (χ0n) is 19.0. The zero-order valence-corrected chi connectivity index (χ0v) is 19.0. The highest BCUT2D eigenvalue weighted by Gasteiger charge is 2.30. The van der Waals surface area contributed by atoms with Crippen molar-refractivity contribution in [1.29, 1.82) is 0 Å². The Morgan fingerprint density at radius 2 is 1.73 bits per heavy atom. The summed E-state index contributed by atoms with van der Waals surface area (Å²) in [5.41, 5.74) is 1.19. The molecule has 0 saturated heterocycles. The number of fused-ring (bicyclic) bond motifs is 1. The minimum atomic E-state index is -0.883. The van der Waals surface area contributed by atoms with Crippen LogP contribution in [0.3, 0.4) is 0 Å². The first kappa shape index (κ1) is 23.4. The Morgan fingerprint density at radius 1 is 1.10 bits per heavy atom. The van der Waals surface area contributed by atoms with Crippen molar-refractivity contribution in [3.8, 4) is 5.75 Å². The summed E-state index contributed by atoms with van der Waals surface area (Å²) < 4.78 is 16.3. The van der Waals surface area contributed by atoms with Crippen molar-refractivity contribution in [1.82, 2.24) is 5.32 Å². The van der Waals surface area contributed by atoms with Gasteiger partial charge >= 0.3 is 17.7 Å². The van der Waals surface area contributed by atoms with E-state index in [9.17, 15) is 14.4 Å². The van der Waals surface area contributed by atoms with Crippen molar-refractivity contribution in [2.24, 2.45) is 5.92 Å². The number of hydrogen-bond acceptors (Lipinski definition) is 6. The molecule has 0 aliphatic carbocycles. The first-order valence-corrected chi connectivity index (χ1v) is 10.1. The molecule has 0 radical (unpaired) electrons. The number of alkyl carbamates (subject to hydrolysis) is 1. The van der Waals surface area contributed by atoms with Crippen LogP contribution < -0.4 is 15.7 Å². The minimum Gasteiger partial charge on any atom is -0.444 e. The second-order valence-electron chi connectivity index (χ2n) is 8.64. The van der Waals surface area contributed by atoms with Gasteiger partial charge in [0.1, 0.15) is 23.0 Å². The second-order valence-corrected chi connectivity index (χ2v) is 8.64. The van der Waals surface area contributed by atoms with Gasteiger partial charge in [-0.25, -0.2) is 14.4 Å². The van der Waals surface area contributed by atoms with Gasteiger partial charge in [-0.1, -0.05) is 20.3 Å². The summed E-state index contributed by atoms with van der Waals surface area (Å²) in [6.45, 7) is 14.3. The summed E-state index contributed by atoms with van der Waals surface area (Å²) in [5.74, 6) is -0.504. The molecule has 0 aliphatic heterocycles. The standard InChI is InChI=1S/C23H31NO6/c1-9-12(2)18(24-22(27)30-23(6,7)8)21(26)28-17-11-10-16-13(3)14(4)20(25)29-19(16)15(17)5/h10-12,18H,9H2,1-8H3,(H,24,27)/t12-,18+/m1/s1. The topological polar surface area (TPSA) is 94.8 Å². The smallest absolute Gasteiger partial charge is 0.408 e. The van der Waals surface area contributed by atoms with Crippen LogP contribution in [-0.2, 0) is 9.53 Å². The van der Waals surface area contributed by atoms with Gasteiger partial charge in [0.25, 0.3) is 0 Å². The summed E-state index contributed by atoms with van der Waals surface area (Å²) in [7, 11) is 0. The van der Waals surface area contributed by atoms with Crippen molar-refractivity contribution < 1.29 is 23.5 Å². The number of nitrogens with one attached hydrogen (secondary N) is 1. The van der Waals surface area contributed by atoms with E-state index >= 15 is 0 Å². The fourth-order valence-corrected chi connectivity index (χ4v) is 3.01. The molecule has 1 aromatic heterocycles. The number of amides is 1. The van der Waals surface area contributed by atoms with Crippen LogP contribution in [-0.4, -0.2) is 23.7 Å². The Bertz CT molecular complexity index is 1010. The summed E-state index contributed by atoms with van der Waals surface area (Å²) in [5, 5.41) is 3.40. The Kier molecular flexibility index (Phi) is 6.95. The Labute approximate surface area is 176 Å². The molecule has 0 bridgehead atoms. The fourth-order valence-electron chi connectivity index (χ4n) is 3.01. The quantitative estimate of drug-likeness (QED) is 0.435. The average molecular weight is 418 g/mol. The molecule has 2 atom stereocenters. The largest absolute Gasteiger partial charge is 0.444 e. The predicted octanol–water partition coefficient (Wildman–Crippen LogP) is 4.56. The first-order valence-electron chi connectivity index (χ1n) is 10.1. The van der Waals surface area contributed by atoms with Crippen molar-refractivity contribution >= 4 is 23.0 Å². The highest BCUT2D eigenvalue weighted by atomic mass is 16.6. The lowest BCUT2D eigenvalue weighted by Gasteiger charge is -2.25. The van der Waals surface area contributed by atoms with E-state index in [-0.39, 0.29) is 11.7 Å². The lowest BCUT2D eigenvalue weighted by molar-refractivity contribution is -0.138. The maximum atomic E-state index is 12.9. The molecular formula is C23H31NO6. The third-order valence-electron chi connectivity index (χ3n) is 5.17. The molecule has 0 spiro atoms. The summed E-state index contributed by atoms with van der Waals surface area (Å²) in [4.78, 5) is 37.2. The van der Waals surface area contributed by atoms with Gasteiger partial charge in [0, 0.05) is 16.5 Å². The Morgan fingerprint density at radius 3 is 2.30 bits per heavy atom. The number of ether oxygens (including phenoxy) is 2. The van der Waals surface area contributed by atoms with E-state index < -0.39 is 29.3 Å². The van der Waals surface area contributed by atoms with Crippen LogP contribution in [0.2, 0.25) is 0 Å². The number of esters is 1. The van der Waals surface area contributed by atoms with E-state index in [1.54, 1.807) is 46.8 Å². The van der Waals surface area contributed by atoms with Crippen LogP contribution in [0.4, 0.5) is 4.79 Å². The molecule has 7 nitrogen and oxygen atoms in total. The number of rotatable bonds is 5. The van der Waals surface area contributed by atoms with E-state index in [1.807, 2.05) is 20.8 Å². The molecule has 164 valence electrons. The first-order chi connectivity index (χ1) is 13.9. The molecule has 1 N–H and O–H groups in total. The second kappa shape index (κ2) is 8.90. The van der Waals surface area contributed by atoms with Crippen molar-refractivity contribution in [2.75, 3.05) is 0 Å². The third kappa shape index (κ3) is 5.20. The maximum Gasteiger partial charge on any atom is 0.408 e. The minimum absolute atomic E-state index is 0.173. The highest BCUT2D eigenvalue weighted by Crippen LogP contribution is 2.29. The van der Waals surface area contributed by atoms with Gasteiger partial charge in [-0.15, -0.1) is 0 Å². The highest BCUT2D eigenvalue weighted by molar-refractivity contribution is 5.88. The molecule has 0 unspecified atom stereocenters. The maximum absolute atomic E-state index is 12.9. The molecule has 30 heavy (non-hydrogen) atoms. The molecule has 0 aliphatic rings. The average Bonchev–Trinajstić information content (AvgIpc) is 2.65. The summed E-state index contributed by atoms with van der Waals surface area (Å²) in [6, 6.07) is 2.55. The van der Waals surface area contributed by atoms with E-state index in [1.165, 1.54) is 0 Å². The molecular weight excluding hydrogens is 386 g/mol. The Balaban J connectivity index is 2.34. The van der Waals surface area contributed by atoms with Crippen LogP contribution in [0.5, 0.6) is 5.75 Å². The van der Waals surface area contributed by atoms with Gasteiger partial charge in [0.2, 0.25) is 0 Å². The van der Waals surface area contributed by atoms with E-state index in [0.717, 1.165) is 10.9 Å². The van der Waals surface area contributed by atoms with E-state index in [4.69, 9.17) is 13.9 Å².